The lowest BCUT2D eigenvalue weighted by Crippen LogP contribution is -2.50. The van der Waals surface area contributed by atoms with Crippen LogP contribution in [-0.4, -0.2) is 39.5 Å². The van der Waals surface area contributed by atoms with Gasteiger partial charge in [0, 0.05) is 6.54 Å². The minimum atomic E-state index is -1.03. The Kier molecular flexibility index (Phi) is 3.78. The van der Waals surface area contributed by atoms with Gasteiger partial charge in [0.05, 0.1) is 0 Å². The van der Waals surface area contributed by atoms with Gasteiger partial charge in [0.2, 0.25) is 5.95 Å². The Bertz CT molecular complexity index is 506. The van der Waals surface area contributed by atoms with E-state index in [1.165, 1.54) is 17.0 Å². The molecule has 0 aliphatic carbocycles. The van der Waals surface area contributed by atoms with Crippen molar-refractivity contribution in [2.45, 2.75) is 25.8 Å². The number of aromatic nitrogens is 1. The Labute approximate surface area is 110 Å². The number of aliphatic carboxylic acids is 1. The summed E-state index contributed by atoms with van der Waals surface area (Å²) in [6, 6.07) is 3.06. The van der Waals surface area contributed by atoms with Crippen molar-refractivity contribution in [3.63, 3.8) is 0 Å². The van der Waals surface area contributed by atoms with Gasteiger partial charge in [-0.1, -0.05) is 13.0 Å². The number of hydrogen-bond acceptors (Lipinski definition) is 3. The molecule has 1 amide bonds. The maximum Gasteiger partial charge on any atom is 0.326 e. The molecule has 0 bridgehead atoms. The molecule has 6 heteroatoms. The first-order valence-corrected chi connectivity index (χ1v) is 6.15. The molecule has 1 aliphatic heterocycles. The molecule has 1 aliphatic rings. The molecule has 1 aromatic rings. The smallest absolute Gasteiger partial charge is 0.326 e. The second-order valence-electron chi connectivity index (χ2n) is 4.83. The molecule has 1 fully saturated rings. The summed E-state index contributed by atoms with van der Waals surface area (Å²) in [7, 11) is 0. The molecule has 1 aromatic heterocycles. The van der Waals surface area contributed by atoms with Gasteiger partial charge in [-0.3, -0.25) is 4.79 Å². The third-order valence-corrected chi connectivity index (χ3v) is 3.34. The standard InChI is InChI=1S/C13H15FN2O3/c1-8-5-6-16(10(7-8)13(18)19)12(17)9-3-2-4-11(14)15-9/h2-4,8,10H,5-7H2,1H3,(H,18,19). The van der Waals surface area contributed by atoms with Gasteiger partial charge in [-0.05, 0) is 30.9 Å². The monoisotopic (exact) mass is 266 g/mol. The van der Waals surface area contributed by atoms with Crippen LogP contribution < -0.4 is 0 Å². The van der Waals surface area contributed by atoms with Crippen LogP contribution in [0.4, 0.5) is 4.39 Å². The quantitative estimate of drug-likeness (QED) is 0.824. The van der Waals surface area contributed by atoms with E-state index >= 15 is 0 Å². The molecule has 0 aromatic carbocycles. The number of carbonyl (C=O) groups is 2. The molecule has 0 spiro atoms. The molecule has 2 atom stereocenters. The Morgan fingerprint density at radius 3 is 2.84 bits per heavy atom. The highest BCUT2D eigenvalue weighted by Crippen LogP contribution is 2.24. The number of piperidine rings is 1. The van der Waals surface area contributed by atoms with Crippen molar-refractivity contribution in [1.29, 1.82) is 0 Å². The van der Waals surface area contributed by atoms with Gasteiger partial charge in [0.15, 0.2) is 0 Å². The van der Waals surface area contributed by atoms with E-state index in [1.807, 2.05) is 6.92 Å². The van der Waals surface area contributed by atoms with Crippen LogP contribution in [0.25, 0.3) is 0 Å². The van der Waals surface area contributed by atoms with Crippen molar-refractivity contribution < 1.29 is 19.1 Å². The van der Waals surface area contributed by atoms with Crippen molar-refractivity contribution in [3.05, 3.63) is 29.8 Å². The van der Waals surface area contributed by atoms with Crippen LogP contribution in [0.15, 0.2) is 18.2 Å². The zero-order chi connectivity index (χ0) is 14.0. The summed E-state index contributed by atoms with van der Waals surface area (Å²) >= 11 is 0. The maximum absolute atomic E-state index is 13.0. The Morgan fingerprint density at radius 1 is 1.47 bits per heavy atom. The molecule has 0 radical (unpaired) electrons. The SMILES string of the molecule is CC1CCN(C(=O)c2cccc(F)n2)C(C(=O)O)C1. The average Bonchev–Trinajstić information content (AvgIpc) is 2.37. The van der Waals surface area contributed by atoms with Gasteiger partial charge < -0.3 is 10.0 Å². The summed E-state index contributed by atoms with van der Waals surface area (Å²) in [6.45, 7) is 2.31. The van der Waals surface area contributed by atoms with E-state index in [2.05, 4.69) is 4.98 Å². The first-order chi connectivity index (χ1) is 8.99. The van der Waals surface area contributed by atoms with E-state index in [1.54, 1.807) is 0 Å². The summed E-state index contributed by atoms with van der Waals surface area (Å²) in [5.41, 5.74) is -0.0548. The highest BCUT2D eigenvalue weighted by atomic mass is 19.1. The fourth-order valence-corrected chi connectivity index (χ4v) is 2.29. The molecule has 2 unspecified atom stereocenters. The lowest BCUT2D eigenvalue weighted by molar-refractivity contribution is -0.144. The lowest BCUT2D eigenvalue weighted by atomic mass is 9.92. The fraction of sp³-hybridized carbons (Fsp3) is 0.462. The van der Waals surface area contributed by atoms with Gasteiger partial charge in [-0.15, -0.1) is 0 Å². The second-order valence-corrected chi connectivity index (χ2v) is 4.83. The maximum atomic E-state index is 13.0. The van der Waals surface area contributed by atoms with E-state index < -0.39 is 23.9 Å². The van der Waals surface area contributed by atoms with Crippen LogP contribution in [0.3, 0.4) is 0 Å². The van der Waals surface area contributed by atoms with Gasteiger partial charge in [0.1, 0.15) is 11.7 Å². The van der Waals surface area contributed by atoms with Crippen LogP contribution in [0, 0.1) is 11.9 Å². The third-order valence-electron chi connectivity index (χ3n) is 3.34. The van der Waals surface area contributed by atoms with Crippen molar-refractivity contribution in [3.8, 4) is 0 Å². The summed E-state index contributed by atoms with van der Waals surface area (Å²) in [4.78, 5) is 28.2. The first-order valence-electron chi connectivity index (χ1n) is 6.15. The van der Waals surface area contributed by atoms with Crippen molar-refractivity contribution in [1.82, 2.24) is 9.88 Å². The summed E-state index contributed by atoms with van der Waals surface area (Å²) in [5, 5.41) is 9.19. The minimum absolute atomic E-state index is 0.0548. The fourth-order valence-electron chi connectivity index (χ4n) is 2.29. The number of hydrogen-bond donors (Lipinski definition) is 1. The van der Waals surface area contributed by atoms with Crippen LogP contribution >= 0.6 is 0 Å². The number of halogens is 1. The van der Waals surface area contributed by atoms with Gasteiger partial charge in [-0.25, -0.2) is 9.78 Å². The molecular formula is C13H15FN2O3. The molecule has 1 saturated heterocycles. The number of carboxylic acid groups (broad SMARTS) is 1. The average molecular weight is 266 g/mol. The molecule has 102 valence electrons. The third kappa shape index (κ3) is 2.89. The number of pyridine rings is 1. The van der Waals surface area contributed by atoms with Crippen molar-refractivity contribution in [2.75, 3.05) is 6.54 Å². The molecule has 2 heterocycles. The molecular weight excluding hydrogens is 251 g/mol. The van der Waals surface area contributed by atoms with E-state index in [4.69, 9.17) is 0 Å². The molecule has 0 saturated carbocycles. The molecule has 2 rings (SSSR count). The van der Waals surface area contributed by atoms with E-state index in [-0.39, 0.29) is 11.6 Å². The van der Waals surface area contributed by atoms with Crippen LogP contribution in [-0.2, 0) is 4.79 Å². The number of amides is 1. The van der Waals surface area contributed by atoms with Gasteiger partial charge in [0.25, 0.3) is 5.91 Å². The largest absolute Gasteiger partial charge is 0.480 e. The summed E-state index contributed by atoms with van der Waals surface area (Å²) in [5.74, 6) is -2.05. The number of carbonyl (C=O) groups excluding carboxylic acids is 1. The van der Waals surface area contributed by atoms with Gasteiger partial charge >= 0.3 is 5.97 Å². The van der Waals surface area contributed by atoms with E-state index in [9.17, 15) is 19.1 Å². The highest BCUT2D eigenvalue weighted by molar-refractivity contribution is 5.95. The molecule has 1 N–H and O–H groups in total. The normalized spacial score (nSPS) is 23.2. The Balaban J connectivity index is 2.24. The number of carboxylic acids is 1. The van der Waals surface area contributed by atoms with Crippen LogP contribution in [0.2, 0.25) is 0 Å². The van der Waals surface area contributed by atoms with Crippen molar-refractivity contribution >= 4 is 11.9 Å². The van der Waals surface area contributed by atoms with Crippen LogP contribution in [0.1, 0.15) is 30.3 Å². The summed E-state index contributed by atoms with van der Waals surface area (Å²) in [6.07, 6.45) is 1.15. The Hall–Kier alpha value is -1.98. The van der Waals surface area contributed by atoms with Gasteiger partial charge in [-0.2, -0.15) is 4.39 Å². The first kappa shape index (κ1) is 13.5. The minimum Gasteiger partial charge on any atom is -0.480 e. The number of nitrogens with zero attached hydrogens (tertiary/aromatic N) is 2. The topological polar surface area (TPSA) is 70.5 Å². The molecule has 5 nitrogen and oxygen atoms in total. The highest BCUT2D eigenvalue weighted by Gasteiger charge is 2.35. The zero-order valence-corrected chi connectivity index (χ0v) is 10.5. The predicted octanol–water partition coefficient (Wildman–Crippen LogP) is 1.55. The van der Waals surface area contributed by atoms with E-state index in [0.717, 1.165) is 12.5 Å². The number of rotatable bonds is 2. The predicted molar refractivity (Wildman–Crippen MR) is 65.1 cm³/mol. The lowest BCUT2D eigenvalue weighted by Gasteiger charge is -2.35. The summed E-state index contributed by atoms with van der Waals surface area (Å²) < 4.78 is 13.0. The number of likely N-dealkylation sites (tertiary alicyclic amines) is 1. The Morgan fingerprint density at radius 2 is 2.21 bits per heavy atom. The van der Waals surface area contributed by atoms with Crippen molar-refractivity contribution in [2.24, 2.45) is 5.92 Å². The van der Waals surface area contributed by atoms with E-state index in [0.29, 0.717) is 13.0 Å². The zero-order valence-electron chi connectivity index (χ0n) is 10.5. The second kappa shape index (κ2) is 5.34. The molecule has 19 heavy (non-hydrogen) atoms. The van der Waals surface area contributed by atoms with Crippen LogP contribution in [0.5, 0.6) is 0 Å².